The van der Waals surface area contributed by atoms with Gasteiger partial charge in [0.2, 0.25) is 0 Å². The number of benzene rings is 15. The fourth-order valence-corrected chi connectivity index (χ4v) is 34.6. The first-order valence-electron chi connectivity index (χ1n) is 38.1. The summed E-state index contributed by atoms with van der Waals surface area (Å²) < 4.78 is 94.0. The second-order valence-electron chi connectivity index (χ2n) is 25.5. The van der Waals surface area contributed by atoms with Gasteiger partial charge in [0.15, 0.2) is 32.3 Å². The van der Waals surface area contributed by atoms with Gasteiger partial charge in [-0.15, -0.1) is 0 Å². The molecule has 0 aliphatic rings. The van der Waals surface area contributed by atoms with Crippen LogP contribution in [0.4, 0.5) is 0 Å². The van der Waals surface area contributed by atoms with Crippen LogP contribution < -0.4 is 83.0 Å². The molecule has 6 heteroatoms. The highest BCUT2D eigenvalue weighted by Crippen LogP contribution is 2.29. The Labute approximate surface area is 601 Å². The average molecular weight is 1350 g/mol. The van der Waals surface area contributed by atoms with Crippen molar-refractivity contribution in [2.75, 3.05) is 0 Å². The van der Waals surface area contributed by atoms with Gasteiger partial charge in [-0.3, -0.25) is 0 Å². The van der Waals surface area contributed by atoms with Crippen molar-refractivity contribution >= 4 is 137 Å². The molecule has 100 heavy (non-hydrogen) atoms. The molecule has 0 saturated heterocycles. The molecule has 0 N–H and O–H groups in total. The lowest BCUT2D eigenvalue weighted by Gasteiger charge is -2.35. The van der Waals surface area contributed by atoms with E-state index in [9.17, 15) is 11.0 Å². The van der Waals surface area contributed by atoms with E-state index in [0.717, 1.165) is 62.2 Å². The van der Waals surface area contributed by atoms with Crippen LogP contribution in [-0.4, -0.2) is 41.4 Å². The lowest BCUT2D eigenvalue weighted by molar-refractivity contribution is 1.09. The summed E-state index contributed by atoms with van der Waals surface area (Å²) in [6, 6.07) is 131. The minimum atomic E-state index is -3.92. The van der Waals surface area contributed by atoms with Gasteiger partial charge in [0.05, 0.1) is 22.0 Å². The monoisotopic (exact) mass is 1350 g/mol. The third-order valence-electron chi connectivity index (χ3n) is 20.3. The quantitative estimate of drug-likeness (QED) is 0.0599. The molecule has 0 saturated carbocycles. The van der Waals surface area contributed by atoms with Gasteiger partial charge in [0.1, 0.15) is 0 Å². The van der Waals surface area contributed by atoms with E-state index in [1.165, 1.54) is 0 Å². The van der Waals surface area contributed by atoms with Crippen molar-refractivity contribution in [3.63, 3.8) is 0 Å². The molecule has 0 atom stereocenters. The van der Waals surface area contributed by atoms with E-state index in [-0.39, 0.29) is 59.6 Å². The van der Waals surface area contributed by atoms with Crippen molar-refractivity contribution in [3.05, 3.63) is 437 Å². The summed E-state index contributed by atoms with van der Waals surface area (Å²) in [7, 11) is -15.5. The lowest BCUT2D eigenvalue weighted by atomic mass is 10.2. The van der Waals surface area contributed by atoms with Crippen LogP contribution in [0.3, 0.4) is 0 Å². The van der Waals surface area contributed by atoms with Crippen molar-refractivity contribution in [1.82, 2.24) is 9.13 Å². The third kappa shape index (κ3) is 10.2. The van der Waals surface area contributed by atoms with E-state index in [1.807, 2.05) is 243 Å². The van der Waals surface area contributed by atoms with Gasteiger partial charge in [-0.2, -0.15) is 0 Å². The van der Waals surface area contributed by atoms with Crippen LogP contribution in [0.25, 0.3) is 33.2 Å². The molecular formula is C94H72N2Si4. The number of hydrogen-bond acceptors (Lipinski definition) is 0. The Morgan fingerprint density at radius 1 is 0.190 bits per heavy atom. The molecule has 0 bridgehead atoms. The Bertz CT molecular complexity index is 5360. The molecule has 17 aromatic rings. The Morgan fingerprint density at radius 3 is 0.580 bits per heavy atom. The highest BCUT2D eigenvalue weighted by molar-refractivity contribution is 7.23. The minimum Gasteiger partial charge on any atom is -0.317 e. The zero-order valence-electron chi connectivity index (χ0n) is 62.8. The van der Waals surface area contributed by atoms with Crippen molar-refractivity contribution in [1.29, 1.82) is 0 Å². The van der Waals surface area contributed by atoms with Gasteiger partial charge in [0.25, 0.3) is 0 Å². The summed E-state index contributed by atoms with van der Waals surface area (Å²) in [5, 5.41) is 14.1. The van der Waals surface area contributed by atoms with Crippen molar-refractivity contribution in [2.24, 2.45) is 0 Å². The molecule has 2 heterocycles. The molecule has 0 unspecified atom stereocenters. The zero-order valence-corrected chi connectivity index (χ0v) is 58.8. The predicted molar refractivity (Wildman–Crippen MR) is 435 cm³/mol. The summed E-state index contributed by atoms with van der Waals surface area (Å²) in [5.74, 6) is 0. The van der Waals surface area contributed by atoms with E-state index in [0.29, 0.717) is 42.9 Å². The van der Waals surface area contributed by atoms with E-state index in [2.05, 4.69) is 146 Å². The molecule has 0 spiro atoms. The Morgan fingerprint density at radius 2 is 0.380 bits per heavy atom. The molecule has 474 valence electrons. The molecular weight excluding hydrogens is 1270 g/mol. The smallest absolute Gasteiger partial charge is 0.181 e. The molecule has 0 fully saturated rings. The van der Waals surface area contributed by atoms with Crippen LogP contribution in [0.5, 0.6) is 0 Å². The molecule has 2 aromatic heterocycles. The topological polar surface area (TPSA) is 9.86 Å². The first-order valence-corrected chi connectivity index (χ1v) is 42.1. The van der Waals surface area contributed by atoms with Crippen LogP contribution in [0.1, 0.15) is 11.0 Å². The third-order valence-corrected chi connectivity index (χ3v) is 38.9. The molecule has 0 amide bonds. The van der Waals surface area contributed by atoms with Gasteiger partial charge in [-0.1, -0.05) is 394 Å². The van der Waals surface area contributed by atoms with Gasteiger partial charge < -0.3 is 9.13 Å². The first-order chi connectivity index (χ1) is 53.0. The SMILES string of the molecule is [2H]c1c([Si](c2ccccc2)(c2ccccc2)c2ccccc2)c([2H])c2c([Si](c3ccccc3)(c3ccccc3)c3ccccc3)c([2H])n(-c3cccc(-n4c([2H])c([Si](c5ccccc5)(c5ccccc5)c5ccccc5)c5c([2H])c([Si](c6ccccc6)(c6ccccc6)c6ccccc6)c([2H])c([2H])c54)c3)c2c1[2H]. The van der Waals surface area contributed by atoms with E-state index in [1.54, 1.807) is 9.13 Å². The summed E-state index contributed by atoms with van der Waals surface area (Å²) in [5.41, 5.74) is 1.25. The van der Waals surface area contributed by atoms with Gasteiger partial charge in [-0.05, 0) is 113 Å². The van der Waals surface area contributed by atoms with E-state index in [4.69, 9.17) is 0 Å². The van der Waals surface area contributed by atoms with Crippen LogP contribution in [-0.2, 0) is 0 Å². The van der Waals surface area contributed by atoms with Gasteiger partial charge in [-0.25, -0.2) is 0 Å². The van der Waals surface area contributed by atoms with Crippen LogP contribution in [0, 0.1) is 0 Å². The number of aromatic nitrogens is 2. The summed E-state index contributed by atoms with van der Waals surface area (Å²) in [6.07, 6.45) is 0.0553. The normalized spacial score (nSPS) is 13.1. The first kappa shape index (κ1) is 53.3. The Balaban J connectivity index is 1.05. The highest BCUT2D eigenvalue weighted by atomic mass is 28.3. The van der Waals surface area contributed by atoms with Crippen LogP contribution >= 0.6 is 0 Å². The molecule has 2 nitrogen and oxygen atoms in total. The summed E-state index contributed by atoms with van der Waals surface area (Å²) in [4.78, 5) is 0. The highest BCUT2D eigenvalue weighted by Gasteiger charge is 2.48. The summed E-state index contributed by atoms with van der Waals surface area (Å²) >= 11 is 0. The standard InChI is InChI=1S/C94H72N2Si4/c1-13-40-75(41-14-1)97(76-42-15-2-16-43-76,77-44-17-3-18-45-77)87-64-66-91-89(69-87)93(99(81-52-25-7-26-53-81,82-54-27-8-28-55-82)83-56-29-9-30-57-83)71-95(91)73-38-37-39-74(68-73)96-72-94(100(84-58-31-10-32-59-84,85-60-33-11-34-61-85)86-62-35-12-36-63-86)90-70-88(65-67-92(90)96)98(78-46-19-4-20-47-78,79-48-21-5-22-49-79)80-50-23-6-24-51-80/h1-72H/i64D,65D,66D,67D,69D,70D,71D,72D. The summed E-state index contributed by atoms with van der Waals surface area (Å²) in [6.45, 7) is 0. The maximum absolute atomic E-state index is 11.6. The molecule has 15 aromatic carbocycles. The maximum Gasteiger partial charge on any atom is 0.181 e. The number of fused-ring (bicyclic) bond motifs is 2. The van der Waals surface area contributed by atoms with Crippen molar-refractivity contribution in [2.45, 2.75) is 0 Å². The van der Waals surface area contributed by atoms with Gasteiger partial charge >= 0.3 is 0 Å². The average Bonchev–Trinajstić information content (AvgIpc) is 1.46. The Kier molecular flexibility index (Phi) is 14.2. The minimum absolute atomic E-state index is 0.0277. The molecule has 17 rings (SSSR count). The number of hydrogen-bond donors (Lipinski definition) is 0. The fraction of sp³-hybridized carbons (Fsp3) is 0. The fourth-order valence-electron chi connectivity index (χ4n) is 16.0. The zero-order chi connectivity index (χ0) is 73.7. The number of rotatable bonds is 18. The molecule has 0 aliphatic heterocycles. The predicted octanol–water partition coefficient (Wildman–Crippen LogP) is 11.1. The molecule has 0 radical (unpaired) electrons. The number of nitrogens with zero attached hydrogens (tertiary/aromatic N) is 2. The lowest BCUT2D eigenvalue weighted by Crippen LogP contribution is -2.75. The van der Waals surface area contributed by atoms with Crippen LogP contribution in [0.2, 0.25) is 0 Å². The van der Waals surface area contributed by atoms with Gasteiger partial charge in [0, 0.05) is 34.5 Å². The van der Waals surface area contributed by atoms with E-state index >= 15 is 0 Å². The van der Waals surface area contributed by atoms with Crippen molar-refractivity contribution in [3.8, 4) is 11.4 Å². The second kappa shape index (κ2) is 26.6. The largest absolute Gasteiger partial charge is 0.317 e. The van der Waals surface area contributed by atoms with E-state index < -0.39 is 32.3 Å². The second-order valence-corrected chi connectivity index (χ2v) is 40.4. The molecule has 0 aliphatic carbocycles. The maximum atomic E-state index is 11.6. The Hall–Kier alpha value is -11.8. The van der Waals surface area contributed by atoms with Crippen molar-refractivity contribution < 1.29 is 11.0 Å². The van der Waals surface area contributed by atoms with Crippen LogP contribution in [0.15, 0.2) is 437 Å².